The van der Waals surface area contributed by atoms with E-state index in [1.54, 1.807) is 0 Å². The fourth-order valence-electron chi connectivity index (χ4n) is 3.59. The van der Waals surface area contributed by atoms with Crippen molar-refractivity contribution in [3.05, 3.63) is 18.2 Å². The quantitative estimate of drug-likeness (QED) is 0.889. The number of ether oxygens (including phenoxy) is 2. The van der Waals surface area contributed by atoms with Crippen molar-refractivity contribution in [2.24, 2.45) is 11.8 Å². The number of rotatable bonds is 4. The number of fused-ring (bicyclic) bond motifs is 1. The van der Waals surface area contributed by atoms with Gasteiger partial charge in [0.25, 0.3) is 0 Å². The predicted molar refractivity (Wildman–Crippen MR) is 94.6 cm³/mol. The Balaban J connectivity index is 1.58. The summed E-state index contributed by atoms with van der Waals surface area (Å²) in [5.74, 6) is 2.72. The molecule has 0 unspecified atom stereocenters. The molecule has 2 N–H and O–H groups in total. The van der Waals surface area contributed by atoms with Gasteiger partial charge in [-0.25, -0.2) is 0 Å². The third kappa shape index (κ3) is 3.83. The highest BCUT2D eigenvalue weighted by molar-refractivity contribution is 5.94. The monoisotopic (exact) mass is 332 g/mol. The molecule has 1 heterocycles. The molecule has 5 heteroatoms. The van der Waals surface area contributed by atoms with Crippen molar-refractivity contribution >= 4 is 11.6 Å². The second-order valence-corrected chi connectivity index (χ2v) is 7.11. The molecule has 4 atom stereocenters. The van der Waals surface area contributed by atoms with E-state index < -0.39 is 0 Å². The van der Waals surface area contributed by atoms with E-state index >= 15 is 0 Å². The lowest BCUT2D eigenvalue weighted by molar-refractivity contribution is -0.118. The molecule has 1 saturated carbocycles. The number of carbonyl (C=O) groups excluding carboxylic acids is 1. The predicted octanol–water partition coefficient (Wildman–Crippen LogP) is 3.20. The van der Waals surface area contributed by atoms with Gasteiger partial charge < -0.3 is 20.1 Å². The van der Waals surface area contributed by atoms with E-state index in [4.69, 9.17) is 9.47 Å². The average molecular weight is 332 g/mol. The van der Waals surface area contributed by atoms with Crippen LogP contribution >= 0.6 is 0 Å². The van der Waals surface area contributed by atoms with E-state index in [-0.39, 0.29) is 11.9 Å². The molecule has 1 aliphatic carbocycles. The highest BCUT2D eigenvalue weighted by atomic mass is 16.6. The first-order valence-corrected chi connectivity index (χ1v) is 9.01. The summed E-state index contributed by atoms with van der Waals surface area (Å²) >= 11 is 0. The SMILES string of the molecule is C[C@H]1[C@@H](C)CCC[C@H]1N[C@@H](C)C(=O)Nc1ccc2c(c1)OCCO2. The lowest BCUT2D eigenvalue weighted by Crippen LogP contribution is -2.49. The van der Waals surface area contributed by atoms with Crippen LogP contribution < -0.4 is 20.1 Å². The van der Waals surface area contributed by atoms with Gasteiger partial charge >= 0.3 is 0 Å². The molecule has 1 amide bonds. The van der Waals surface area contributed by atoms with Crippen LogP contribution in [0.4, 0.5) is 5.69 Å². The van der Waals surface area contributed by atoms with Crippen molar-refractivity contribution in [1.82, 2.24) is 5.32 Å². The van der Waals surface area contributed by atoms with Crippen molar-refractivity contribution < 1.29 is 14.3 Å². The largest absolute Gasteiger partial charge is 0.486 e. The van der Waals surface area contributed by atoms with Gasteiger partial charge in [-0.2, -0.15) is 0 Å². The van der Waals surface area contributed by atoms with Gasteiger partial charge in [-0.15, -0.1) is 0 Å². The molecule has 1 aliphatic heterocycles. The number of hydrogen-bond donors (Lipinski definition) is 2. The molecule has 0 radical (unpaired) electrons. The van der Waals surface area contributed by atoms with Gasteiger partial charge in [-0.05, 0) is 37.3 Å². The molecule has 0 saturated heterocycles. The second kappa shape index (κ2) is 7.43. The molecular weight excluding hydrogens is 304 g/mol. The Kier molecular flexibility index (Phi) is 5.29. The van der Waals surface area contributed by atoms with Gasteiger partial charge in [0, 0.05) is 17.8 Å². The van der Waals surface area contributed by atoms with Crippen LogP contribution in [0, 0.1) is 11.8 Å². The van der Waals surface area contributed by atoms with Crippen LogP contribution in [-0.4, -0.2) is 31.2 Å². The topological polar surface area (TPSA) is 59.6 Å². The highest BCUT2D eigenvalue weighted by Crippen LogP contribution is 2.33. The minimum Gasteiger partial charge on any atom is -0.486 e. The first kappa shape index (κ1) is 17.1. The molecule has 24 heavy (non-hydrogen) atoms. The summed E-state index contributed by atoms with van der Waals surface area (Å²) in [7, 11) is 0. The number of carbonyl (C=O) groups is 1. The van der Waals surface area contributed by atoms with Crippen molar-refractivity contribution in [1.29, 1.82) is 0 Å². The molecule has 0 spiro atoms. The molecule has 2 aliphatic rings. The van der Waals surface area contributed by atoms with E-state index in [1.165, 1.54) is 12.8 Å². The van der Waals surface area contributed by atoms with Crippen LogP contribution in [0.3, 0.4) is 0 Å². The van der Waals surface area contributed by atoms with Crippen LogP contribution in [0.25, 0.3) is 0 Å². The standard InChI is InChI=1S/C19H28N2O3/c1-12-5-4-6-16(13(12)2)20-14(3)19(22)21-15-7-8-17-18(11-15)24-10-9-23-17/h7-8,11-14,16,20H,4-6,9-10H2,1-3H3,(H,21,22)/t12-,13-,14-,16+/m0/s1. The Morgan fingerprint density at radius 3 is 2.71 bits per heavy atom. The van der Waals surface area contributed by atoms with Crippen molar-refractivity contribution in [3.63, 3.8) is 0 Å². The smallest absolute Gasteiger partial charge is 0.241 e. The van der Waals surface area contributed by atoms with Crippen molar-refractivity contribution in [2.75, 3.05) is 18.5 Å². The summed E-state index contributed by atoms with van der Waals surface area (Å²) in [5.41, 5.74) is 0.739. The fourth-order valence-corrected chi connectivity index (χ4v) is 3.59. The van der Waals surface area contributed by atoms with E-state index in [0.717, 1.165) is 17.9 Å². The van der Waals surface area contributed by atoms with E-state index in [1.807, 2.05) is 25.1 Å². The van der Waals surface area contributed by atoms with Crippen molar-refractivity contribution in [2.45, 2.75) is 52.1 Å². The van der Waals surface area contributed by atoms with Crippen LogP contribution in [0.5, 0.6) is 11.5 Å². The first-order chi connectivity index (χ1) is 11.5. The summed E-state index contributed by atoms with van der Waals surface area (Å²) in [5, 5.41) is 6.48. The van der Waals surface area contributed by atoms with Gasteiger partial charge in [-0.1, -0.05) is 26.7 Å². The van der Waals surface area contributed by atoms with Gasteiger partial charge in [0.05, 0.1) is 6.04 Å². The van der Waals surface area contributed by atoms with Crippen molar-refractivity contribution in [3.8, 4) is 11.5 Å². The number of benzene rings is 1. The summed E-state index contributed by atoms with van der Waals surface area (Å²) in [6.07, 6.45) is 3.67. The third-order valence-corrected chi connectivity index (χ3v) is 5.37. The summed E-state index contributed by atoms with van der Waals surface area (Å²) in [6, 6.07) is 5.70. The minimum atomic E-state index is -0.226. The van der Waals surface area contributed by atoms with Gasteiger partial charge in [0.15, 0.2) is 11.5 Å². The summed E-state index contributed by atoms with van der Waals surface area (Å²) in [6.45, 7) is 7.63. The Morgan fingerprint density at radius 2 is 1.92 bits per heavy atom. The van der Waals surface area contributed by atoms with Gasteiger partial charge in [-0.3, -0.25) is 4.79 Å². The van der Waals surface area contributed by atoms with Crippen LogP contribution in [0.1, 0.15) is 40.0 Å². The molecule has 1 aromatic rings. The zero-order valence-electron chi connectivity index (χ0n) is 14.8. The molecule has 1 aromatic carbocycles. The molecule has 3 rings (SSSR count). The van der Waals surface area contributed by atoms with E-state index in [2.05, 4.69) is 24.5 Å². The third-order valence-electron chi connectivity index (χ3n) is 5.37. The fraction of sp³-hybridized carbons (Fsp3) is 0.632. The maximum atomic E-state index is 12.5. The minimum absolute atomic E-state index is 0.0166. The maximum Gasteiger partial charge on any atom is 0.241 e. The molecule has 1 fully saturated rings. The Labute approximate surface area is 144 Å². The highest BCUT2D eigenvalue weighted by Gasteiger charge is 2.29. The Bertz CT molecular complexity index is 590. The average Bonchev–Trinajstić information content (AvgIpc) is 2.58. The number of amides is 1. The van der Waals surface area contributed by atoms with Crippen LogP contribution in [-0.2, 0) is 4.79 Å². The molecule has 0 bridgehead atoms. The number of anilines is 1. The summed E-state index contributed by atoms with van der Waals surface area (Å²) in [4.78, 5) is 12.5. The molecule has 5 nitrogen and oxygen atoms in total. The Hall–Kier alpha value is -1.75. The normalized spacial score (nSPS) is 27.4. The lowest BCUT2D eigenvalue weighted by Gasteiger charge is -2.36. The van der Waals surface area contributed by atoms with Crippen LogP contribution in [0.2, 0.25) is 0 Å². The van der Waals surface area contributed by atoms with E-state index in [0.29, 0.717) is 36.8 Å². The molecular formula is C19H28N2O3. The summed E-state index contributed by atoms with van der Waals surface area (Å²) < 4.78 is 11.1. The molecule has 132 valence electrons. The first-order valence-electron chi connectivity index (χ1n) is 9.01. The lowest BCUT2D eigenvalue weighted by atomic mass is 9.78. The zero-order chi connectivity index (χ0) is 17.1. The number of hydrogen-bond acceptors (Lipinski definition) is 4. The Morgan fingerprint density at radius 1 is 1.17 bits per heavy atom. The van der Waals surface area contributed by atoms with Gasteiger partial charge in [0.1, 0.15) is 13.2 Å². The maximum absolute atomic E-state index is 12.5. The number of nitrogens with one attached hydrogen (secondary N) is 2. The van der Waals surface area contributed by atoms with E-state index in [9.17, 15) is 4.79 Å². The molecule has 0 aromatic heterocycles. The second-order valence-electron chi connectivity index (χ2n) is 7.11. The van der Waals surface area contributed by atoms with Crippen LogP contribution in [0.15, 0.2) is 18.2 Å². The van der Waals surface area contributed by atoms with Gasteiger partial charge in [0.2, 0.25) is 5.91 Å². The zero-order valence-corrected chi connectivity index (χ0v) is 14.8.